The number of thiophene rings is 1. The number of hydrogen-bond acceptors (Lipinski definition) is 3. The maximum absolute atomic E-state index is 4.30. The Labute approximate surface area is 228 Å². The molecule has 39 heavy (non-hydrogen) atoms. The number of rotatable bonds is 2. The van der Waals surface area contributed by atoms with Crippen molar-refractivity contribution in [3.8, 4) is 16.8 Å². The van der Waals surface area contributed by atoms with Gasteiger partial charge in [-0.25, -0.2) is 0 Å². The van der Waals surface area contributed by atoms with Crippen LogP contribution in [0.2, 0.25) is 0 Å². The van der Waals surface area contributed by atoms with Gasteiger partial charge in [-0.2, -0.15) is 0 Å². The van der Waals surface area contributed by atoms with Crippen LogP contribution < -0.4 is 4.90 Å². The molecule has 1 aliphatic heterocycles. The van der Waals surface area contributed by atoms with E-state index in [1.54, 1.807) is 0 Å². The van der Waals surface area contributed by atoms with Crippen molar-refractivity contribution in [1.29, 1.82) is 0 Å². The molecule has 9 rings (SSSR count). The largest absolute Gasteiger partial charge is 0.306 e. The summed E-state index contributed by atoms with van der Waals surface area (Å²) in [4.78, 5) is 6.70. The first-order valence-corrected chi connectivity index (χ1v) is 14.0. The molecule has 182 valence electrons. The molecule has 8 aromatic rings. The van der Waals surface area contributed by atoms with Gasteiger partial charge in [-0.05, 0) is 65.7 Å². The molecule has 5 aromatic carbocycles. The summed E-state index contributed by atoms with van der Waals surface area (Å²) >= 11 is 1.88. The standard InChI is InChI=1S/C35H21N3S/c1-4-13-33-25(8-1)28-19-32-27(20-34(28)39-33)26-9-5-12-31-35(26)38(32)30-11-3-2-10-29(30)37(31)24-16-14-22(15-17-24)23-7-6-18-36-21-23/h1-21H. The van der Waals surface area contributed by atoms with E-state index in [4.69, 9.17) is 0 Å². The minimum absolute atomic E-state index is 1.12. The van der Waals surface area contributed by atoms with Crippen molar-refractivity contribution in [1.82, 2.24) is 9.55 Å². The van der Waals surface area contributed by atoms with E-state index in [0.717, 1.165) is 16.8 Å². The molecule has 0 amide bonds. The van der Waals surface area contributed by atoms with Crippen LogP contribution in [0.15, 0.2) is 128 Å². The normalized spacial score (nSPS) is 12.6. The number of fused-ring (bicyclic) bond motifs is 8. The SMILES string of the molecule is c1cncc(-c2ccc(N3c4ccccc4-n4c5cc6c(cc5c5cccc3c54)sc3ccccc36)cc2)c1. The van der Waals surface area contributed by atoms with Gasteiger partial charge in [-0.3, -0.25) is 4.98 Å². The van der Waals surface area contributed by atoms with Crippen LogP contribution in [0.5, 0.6) is 0 Å². The third-order valence-corrected chi connectivity index (χ3v) is 9.12. The second kappa shape index (κ2) is 7.79. The number of anilines is 3. The van der Waals surface area contributed by atoms with Crippen molar-refractivity contribution in [3.05, 3.63) is 128 Å². The maximum atomic E-state index is 4.30. The third kappa shape index (κ3) is 2.89. The molecule has 0 N–H and O–H groups in total. The minimum Gasteiger partial charge on any atom is -0.306 e. The van der Waals surface area contributed by atoms with Crippen molar-refractivity contribution in [2.45, 2.75) is 0 Å². The molecule has 0 atom stereocenters. The van der Waals surface area contributed by atoms with E-state index in [1.165, 1.54) is 59.0 Å². The second-order valence-corrected chi connectivity index (χ2v) is 11.2. The van der Waals surface area contributed by atoms with Gasteiger partial charge >= 0.3 is 0 Å². The molecule has 0 unspecified atom stereocenters. The van der Waals surface area contributed by atoms with E-state index < -0.39 is 0 Å². The van der Waals surface area contributed by atoms with Crippen molar-refractivity contribution in [2.24, 2.45) is 0 Å². The fourth-order valence-electron chi connectivity index (χ4n) is 6.28. The summed E-state index contributed by atoms with van der Waals surface area (Å²) in [5.41, 5.74) is 9.52. The minimum atomic E-state index is 1.12. The molecule has 0 saturated carbocycles. The van der Waals surface area contributed by atoms with Crippen LogP contribution in [0.25, 0.3) is 58.8 Å². The monoisotopic (exact) mass is 515 g/mol. The first kappa shape index (κ1) is 21.1. The highest BCUT2D eigenvalue weighted by atomic mass is 32.1. The number of nitrogens with zero attached hydrogens (tertiary/aromatic N) is 3. The molecule has 4 heteroatoms. The predicted molar refractivity (Wildman–Crippen MR) is 165 cm³/mol. The van der Waals surface area contributed by atoms with E-state index in [-0.39, 0.29) is 0 Å². The highest BCUT2D eigenvalue weighted by Gasteiger charge is 2.28. The van der Waals surface area contributed by atoms with Gasteiger partial charge < -0.3 is 9.47 Å². The van der Waals surface area contributed by atoms with Gasteiger partial charge in [0, 0.05) is 49.0 Å². The van der Waals surface area contributed by atoms with Gasteiger partial charge in [0.05, 0.1) is 28.1 Å². The Bertz CT molecular complexity index is 2220. The molecule has 0 saturated heterocycles. The zero-order chi connectivity index (χ0) is 25.5. The Morgan fingerprint density at radius 2 is 1.33 bits per heavy atom. The lowest BCUT2D eigenvalue weighted by Crippen LogP contribution is -2.17. The highest BCUT2D eigenvalue weighted by molar-refractivity contribution is 7.25. The number of hydrogen-bond donors (Lipinski definition) is 0. The zero-order valence-electron chi connectivity index (χ0n) is 20.9. The van der Waals surface area contributed by atoms with Gasteiger partial charge in [-0.15, -0.1) is 11.3 Å². The van der Waals surface area contributed by atoms with E-state index in [2.05, 4.69) is 124 Å². The molecular formula is C35H21N3S. The average molecular weight is 516 g/mol. The van der Waals surface area contributed by atoms with E-state index >= 15 is 0 Å². The summed E-state index contributed by atoms with van der Waals surface area (Å²) in [5.74, 6) is 0. The van der Waals surface area contributed by atoms with Crippen LogP contribution in [0, 0.1) is 0 Å². The topological polar surface area (TPSA) is 21.1 Å². The van der Waals surface area contributed by atoms with Crippen LogP contribution in [0.1, 0.15) is 0 Å². The summed E-state index contributed by atoms with van der Waals surface area (Å²) in [6.45, 7) is 0. The van der Waals surface area contributed by atoms with Crippen molar-refractivity contribution >= 4 is 70.4 Å². The molecule has 0 spiro atoms. The van der Waals surface area contributed by atoms with Crippen LogP contribution >= 0.6 is 11.3 Å². The Hall–Kier alpha value is -4.93. The molecule has 0 bridgehead atoms. The first-order valence-electron chi connectivity index (χ1n) is 13.1. The summed E-state index contributed by atoms with van der Waals surface area (Å²) in [5, 5.41) is 5.24. The molecule has 0 radical (unpaired) electrons. The lowest BCUT2D eigenvalue weighted by Gasteiger charge is -2.33. The molecule has 3 aromatic heterocycles. The molecule has 4 heterocycles. The van der Waals surface area contributed by atoms with Crippen LogP contribution in [0.3, 0.4) is 0 Å². The van der Waals surface area contributed by atoms with E-state index in [1.807, 2.05) is 29.8 Å². The van der Waals surface area contributed by atoms with Crippen molar-refractivity contribution in [3.63, 3.8) is 0 Å². The van der Waals surface area contributed by atoms with Crippen LogP contribution in [-0.4, -0.2) is 9.55 Å². The third-order valence-electron chi connectivity index (χ3n) is 7.99. The number of benzene rings is 5. The summed E-state index contributed by atoms with van der Waals surface area (Å²) in [7, 11) is 0. The second-order valence-electron chi connectivity index (χ2n) is 10.1. The molecule has 0 fully saturated rings. The van der Waals surface area contributed by atoms with E-state index in [0.29, 0.717) is 0 Å². The smallest absolute Gasteiger partial charge is 0.0783 e. The average Bonchev–Trinajstić information content (AvgIpc) is 3.53. The zero-order valence-corrected chi connectivity index (χ0v) is 21.7. The Morgan fingerprint density at radius 3 is 2.21 bits per heavy atom. The number of aromatic nitrogens is 2. The van der Waals surface area contributed by atoms with Gasteiger partial charge in [0.25, 0.3) is 0 Å². The van der Waals surface area contributed by atoms with Crippen LogP contribution in [-0.2, 0) is 0 Å². The van der Waals surface area contributed by atoms with Gasteiger partial charge in [0.1, 0.15) is 0 Å². The quantitative estimate of drug-likeness (QED) is 0.228. The lowest BCUT2D eigenvalue weighted by atomic mass is 10.0. The summed E-state index contributed by atoms with van der Waals surface area (Å²) in [6.07, 6.45) is 3.73. The summed E-state index contributed by atoms with van der Waals surface area (Å²) < 4.78 is 5.15. The van der Waals surface area contributed by atoms with Crippen LogP contribution in [0.4, 0.5) is 17.1 Å². The van der Waals surface area contributed by atoms with Crippen molar-refractivity contribution < 1.29 is 0 Å². The lowest BCUT2D eigenvalue weighted by molar-refractivity contribution is 1.11. The van der Waals surface area contributed by atoms with Gasteiger partial charge in [0.2, 0.25) is 0 Å². The molecule has 1 aliphatic rings. The number of pyridine rings is 1. The maximum Gasteiger partial charge on any atom is 0.0783 e. The predicted octanol–water partition coefficient (Wildman–Crippen LogP) is 10.00. The Morgan fingerprint density at radius 1 is 0.538 bits per heavy atom. The summed E-state index contributed by atoms with van der Waals surface area (Å²) in [6, 6.07) is 41.9. The fourth-order valence-corrected chi connectivity index (χ4v) is 7.41. The Kier molecular flexibility index (Phi) is 4.21. The van der Waals surface area contributed by atoms with Crippen molar-refractivity contribution in [2.75, 3.05) is 4.90 Å². The fraction of sp³-hybridized carbons (Fsp3) is 0. The van der Waals surface area contributed by atoms with Gasteiger partial charge in [-0.1, -0.05) is 60.7 Å². The highest BCUT2D eigenvalue weighted by Crippen LogP contribution is 2.50. The molecular weight excluding hydrogens is 494 g/mol. The molecule has 3 nitrogen and oxygen atoms in total. The number of para-hydroxylation sites is 3. The van der Waals surface area contributed by atoms with Gasteiger partial charge in [0.15, 0.2) is 0 Å². The Balaban J connectivity index is 1.33. The molecule has 0 aliphatic carbocycles. The first-order chi connectivity index (χ1) is 19.3. The van der Waals surface area contributed by atoms with E-state index in [9.17, 15) is 0 Å².